The predicted molar refractivity (Wildman–Crippen MR) is 86.2 cm³/mol. The monoisotopic (exact) mass is 284 g/mol. The molecule has 0 saturated heterocycles. The molecule has 0 spiro atoms. The van der Waals surface area contributed by atoms with Gasteiger partial charge in [0.1, 0.15) is 0 Å². The Morgan fingerprint density at radius 3 is 2.90 bits per heavy atom. The van der Waals surface area contributed by atoms with E-state index >= 15 is 0 Å². The van der Waals surface area contributed by atoms with Gasteiger partial charge in [0.15, 0.2) is 0 Å². The fourth-order valence-electron chi connectivity index (χ4n) is 2.95. The summed E-state index contributed by atoms with van der Waals surface area (Å²) in [6.45, 7) is 3.91. The molecule has 0 aliphatic heterocycles. The Hall–Kier alpha value is -1.77. The highest BCUT2D eigenvalue weighted by atomic mass is 16.2. The van der Waals surface area contributed by atoms with E-state index in [2.05, 4.69) is 36.3 Å². The molecular weight excluding hydrogens is 260 g/mol. The van der Waals surface area contributed by atoms with Gasteiger partial charge in [-0.3, -0.25) is 4.79 Å². The largest absolute Gasteiger partial charge is 0.361 e. The maximum Gasteiger partial charge on any atom is 0.222 e. The standard InChI is InChI=1S/C18H24N2O/c1-2-20(13-14-10-11-14)18(21)9-5-6-15-12-19-17-8-4-3-7-16(15)17/h3-4,7-8,12,14,19H,2,5-6,9-11,13H2,1H3. The van der Waals surface area contributed by atoms with E-state index in [1.54, 1.807) is 0 Å². The van der Waals surface area contributed by atoms with Gasteiger partial charge in [0, 0.05) is 36.6 Å². The number of para-hydroxylation sites is 1. The molecule has 0 atom stereocenters. The Morgan fingerprint density at radius 2 is 2.14 bits per heavy atom. The molecule has 112 valence electrons. The molecular formula is C18H24N2O. The van der Waals surface area contributed by atoms with Gasteiger partial charge in [-0.1, -0.05) is 18.2 Å². The SMILES string of the molecule is CCN(CC1CC1)C(=O)CCCc1c[nH]c2ccccc12. The van der Waals surface area contributed by atoms with E-state index in [9.17, 15) is 4.79 Å². The predicted octanol–water partition coefficient (Wildman–Crippen LogP) is 3.75. The van der Waals surface area contributed by atoms with E-state index in [0.29, 0.717) is 12.3 Å². The maximum absolute atomic E-state index is 12.2. The van der Waals surface area contributed by atoms with Crippen molar-refractivity contribution in [2.45, 2.75) is 39.0 Å². The highest BCUT2D eigenvalue weighted by molar-refractivity contribution is 5.83. The minimum absolute atomic E-state index is 0.323. The van der Waals surface area contributed by atoms with Crippen LogP contribution in [0.3, 0.4) is 0 Å². The first-order valence-electron chi connectivity index (χ1n) is 8.10. The zero-order valence-corrected chi connectivity index (χ0v) is 12.8. The molecule has 0 unspecified atom stereocenters. The van der Waals surface area contributed by atoms with Crippen molar-refractivity contribution in [1.82, 2.24) is 9.88 Å². The van der Waals surface area contributed by atoms with Gasteiger partial charge in [-0.05, 0) is 50.2 Å². The summed E-state index contributed by atoms with van der Waals surface area (Å²) < 4.78 is 0. The van der Waals surface area contributed by atoms with Gasteiger partial charge in [0.2, 0.25) is 5.91 Å². The number of fused-ring (bicyclic) bond motifs is 1. The molecule has 1 aromatic carbocycles. The minimum Gasteiger partial charge on any atom is -0.361 e. The van der Waals surface area contributed by atoms with E-state index in [0.717, 1.165) is 31.8 Å². The number of nitrogens with zero attached hydrogens (tertiary/aromatic N) is 1. The molecule has 3 rings (SSSR count). The Labute approximate surface area is 126 Å². The van der Waals surface area contributed by atoms with Crippen molar-refractivity contribution in [1.29, 1.82) is 0 Å². The van der Waals surface area contributed by atoms with Gasteiger partial charge in [-0.15, -0.1) is 0 Å². The average molecular weight is 284 g/mol. The first kappa shape index (κ1) is 14.2. The van der Waals surface area contributed by atoms with Crippen LogP contribution >= 0.6 is 0 Å². The van der Waals surface area contributed by atoms with Crippen LogP contribution in [0.15, 0.2) is 30.5 Å². The van der Waals surface area contributed by atoms with Gasteiger partial charge in [0.25, 0.3) is 0 Å². The second-order valence-electron chi connectivity index (χ2n) is 6.09. The van der Waals surface area contributed by atoms with Gasteiger partial charge in [-0.2, -0.15) is 0 Å². The first-order valence-corrected chi connectivity index (χ1v) is 8.10. The van der Waals surface area contributed by atoms with Crippen LogP contribution in [-0.2, 0) is 11.2 Å². The van der Waals surface area contributed by atoms with Crippen LogP contribution < -0.4 is 0 Å². The lowest BCUT2D eigenvalue weighted by atomic mass is 10.1. The van der Waals surface area contributed by atoms with Gasteiger partial charge in [-0.25, -0.2) is 0 Å². The lowest BCUT2D eigenvalue weighted by molar-refractivity contribution is -0.131. The zero-order chi connectivity index (χ0) is 14.7. The Bertz CT molecular complexity index is 612. The summed E-state index contributed by atoms with van der Waals surface area (Å²) in [7, 11) is 0. The molecule has 0 radical (unpaired) electrons. The maximum atomic E-state index is 12.2. The molecule has 3 nitrogen and oxygen atoms in total. The Balaban J connectivity index is 1.51. The quantitative estimate of drug-likeness (QED) is 0.826. The number of H-pyrrole nitrogens is 1. The molecule has 1 amide bonds. The summed E-state index contributed by atoms with van der Waals surface area (Å²) in [5.41, 5.74) is 2.51. The third-order valence-electron chi connectivity index (χ3n) is 4.42. The van der Waals surface area contributed by atoms with E-state index < -0.39 is 0 Å². The van der Waals surface area contributed by atoms with E-state index in [4.69, 9.17) is 0 Å². The number of rotatable bonds is 7. The molecule has 1 aliphatic carbocycles. The number of benzene rings is 1. The summed E-state index contributed by atoms with van der Waals surface area (Å²) in [6.07, 6.45) is 7.26. The van der Waals surface area contributed by atoms with Crippen LogP contribution in [0.2, 0.25) is 0 Å². The molecule has 1 aromatic heterocycles. The van der Waals surface area contributed by atoms with Crippen LogP contribution in [0, 0.1) is 5.92 Å². The molecule has 1 aliphatic rings. The van der Waals surface area contributed by atoms with Gasteiger partial charge >= 0.3 is 0 Å². The molecule has 0 bridgehead atoms. The lowest BCUT2D eigenvalue weighted by Crippen LogP contribution is -2.32. The fraction of sp³-hybridized carbons (Fsp3) is 0.500. The number of carbonyl (C=O) groups is 1. The molecule has 2 aromatic rings. The Morgan fingerprint density at radius 1 is 1.33 bits per heavy atom. The third-order valence-corrected chi connectivity index (χ3v) is 4.42. The van der Waals surface area contributed by atoms with Crippen molar-refractivity contribution in [3.8, 4) is 0 Å². The van der Waals surface area contributed by atoms with Gasteiger partial charge in [0.05, 0.1) is 0 Å². The van der Waals surface area contributed by atoms with E-state index in [-0.39, 0.29) is 0 Å². The second kappa shape index (κ2) is 6.33. The number of nitrogens with one attached hydrogen (secondary N) is 1. The van der Waals surface area contributed by atoms with E-state index in [1.807, 2.05) is 11.0 Å². The summed E-state index contributed by atoms with van der Waals surface area (Å²) in [5, 5.41) is 1.29. The van der Waals surface area contributed by atoms with Crippen LogP contribution in [0.1, 0.15) is 38.2 Å². The van der Waals surface area contributed by atoms with Crippen molar-refractivity contribution in [3.05, 3.63) is 36.0 Å². The number of aromatic amines is 1. The first-order chi connectivity index (χ1) is 10.3. The topological polar surface area (TPSA) is 36.1 Å². The van der Waals surface area contributed by atoms with Crippen molar-refractivity contribution in [2.24, 2.45) is 5.92 Å². The van der Waals surface area contributed by atoms with Crippen molar-refractivity contribution in [2.75, 3.05) is 13.1 Å². The number of aromatic nitrogens is 1. The van der Waals surface area contributed by atoms with Crippen molar-refractivity contribution >= 4 is 16.8 Å². The molecule has 1 N–H and O–H groups in total. The Kier molecular flexibility index (Phi) is 4.28. The molecule has 3 heteroatoms. The third kappa shape index (κ3) is 3.46. The molecule has 1 fully saturated rings. The molecule has 1 saturated carbocycles. The summed E-state index contributed by atoms with van der Waals surface area (Å²) in [6, 6.07) is 8.36. The summed E-state index contributed by atoms with van der Waals surface area (Å²) >= 11 is 0. The number of amides is 1. The summed E-state index contributed by atoms with van der Waals surface area (Å²) in [4.78, 5) is 17.6. The van der Waals surface area contributed by atoms with Crippen molar-refractivity contribution < 1.29 is 4.79 Å². The molecule has 21 heavy (non-hydrogen) atoms. The number of aryl methyl sites for hydroxylation is 1. The van der Waals surface area contributed by atoms with Crippen LogP contribution in [-0.4, -0.2) is 28.9 Å². The minimum atomic E-state index is 0.323. The van der Waals surface area contributed by atoms with Gasteiger partial charge < -0.3 is 9.88 Å². The normalized spacial score (nSPS) is 14.5. The van der Waals surface area contributed by atoms with Crippen LogP contribution in [0.4, 0.5) is 0 Å². The zero-order valence-electron chi connectivity index (χ0n) is 12.8. The smallest absolute Gasteiger partial charge is 0.222 e. The van der Waals surface area contributed by atoms with Crippen molar-refractivity contribution in [3.63, 3.8) is 0 Å². The lowest BCUT2D eigenvalue weighted by Gasteiger charge is -2.20. The second-order valence-corrected chi connectivity index (χ2v) is 6.09. The number of carbonyl (C=O) groups excluding carboxylic acids is 1. The summed E-state index contributed by atoms with van der Waals surface area (Å²) in [5.74, 6) is 1.10. The highest BCUT2D eigenvalue weighted by Gasteiger charge is 2.25. The van der Waals surface area contributed by atoms with Crippen LogP contribution in [0.25, 0.3) is 10.9 Å². The number of hydrogen-bond donors (Lipinski definition) is 1. The fourth-order valence-corrected chi connectivity index (χ4v) is 2.95. The van der Waals surface area contributed by atoms with Crippen LogP contribution in [0.5, 0.6) is 0 Å². The highest BCUT2D eigenvalue weighted by Crippen LogP contribution is 2.30. The van der Waals surface area contributed by atoms with E-state index in [1.165, 1.54) is 29.3 Å². The number of hydrogen-bond acceptors (Lipinski definition) is 1. The molecule has 1 heterocycles. The average Bonchev–Trinajstić information content (AvgIpc) is 3.24.